The van der Waals surface area contributed by atoms with Gasteiger partial charge in [0, 0.05) is 12.8 Å². The highest BCUT2D eigenvalue weighted by molar-refractivity contribution is 6.04. The lowest BCUT2D eigenvalue weighted by atomic mass is 10.1. The van der Waals surface area contributed by atoms with Crippen molar-refractivity contribution < 1.29 is 9.59 Å². The highest BCUT2D eigenvalue weighted by Crippen LogP contribution is 2.10. The quantitative estimate of drug-likeness (QED) is 0.505. The van der Waals surface area contributed by atoms with E-state index in [0.29, 0.717) is 24.8 Å². The Hall–Kier alpha value is -0.920. The maximum atomic E-state index is 10.9. The van der Waals surface area contributed by atoms with Crippen LogP contribution in [0.1, 0.15) is 26.2 Å². The monoisotopic (exact) mass is 138 g/mol. The SMILES string of the molecule is CC1=CC(=O)CCCC1=O. The summed E-state index contributed by atoms with van der Waals surface area (Å²) in [6, 6.07) is 0. The van der Waals surface area contributed by atoms with Crippen molar-refractivity contribution in [2.75, 3.05) is 0 Å². The van der Waals surface area contributed by atoms with Gasteiger partial charge in [-0.3, -0.25) is 9.59 Å². The lowest BCUT2D eigenvalue weighted by Gasteiger charge is -1.91. The molecule has 0 fully saturated rings. The zero-order valence-electron chi connectivity index (χ0n) is 6.02. The van der Waals surface area contributed by atoms with Crippen molar-refractivity contribution >= 4 is 11.6 Å². The molecule has 0 N–H and O–H groups in total. The molecule has 10 heavy (non-hydrogen) atoms. The Labute approximate surface area is 59.9 Å². The second-order valence-corrected chi connectivity index (χ2v) is 2.57. The molecule has 0 spiro atoms. The maximum Gasteiger partial charge on any atom is 0.158 e. The van der Waals surface area contributed by atoms with E-state index in [1.165, 1.54) is 6.08 Å². The normalized spacial score (nSPS) is 20.3. The fourth-order valence-corrected chi connectivity index (χ4v) is 1.01. The zero-order valence-corrected chi connectivity index (χ0v) is 6.02. The van der Waals surface area contributed by atoms with Gasteiger partial charge >= 0.3 is 0 Å². The molecule has 0 radical (unpaired) electrons. The summed E-state index contributed by atoms with van der Waals surface area (Å²) in [4.78, 5) is 21.7. The molecule has 0 amide bonds. The smallest absolute Gasteiger partial charge is 0.158 e. The Bertz CT molecular complexity index is 201. The summed E-state index contributed by atoms with van der Waals surface area (Å²) in [6.07, 6.45) is 3.23. The van der Waals surface area contributed by atoms with Crippen LogP contribution in [0.3, 0.4) is 0 Å². The van der Waals surface area contributed by atoms with Gasteiger partial charge in [0.25, 0.3) is 0 Å². The first kappa shape index (κ1) is 7.19. The van der Waals surface area contributed by atoms with Crippen LogP contribution in [-0.2, 0) is 9.59 Å². The summed E-state index contributed by atoms with van der Waals surface area (Å²) < 4.78 is 0. The maximum absolute atomic E-state index is 10.9. The minimum atomic E-state index is 0.0864. The van der Waals surface area contributed by atoms with Crippen LogP contribution in [-0.4, -0.2) is 11.6 Å². The summed E-state index contributed by atoms with van der Waals surface area (Å²) in [6.45, 7) is 1.70. The van der Waals surface area contributed by atoms with Gasteiger partial charge in [-0.25, -0.2) is 0 Å². The fraction of sp³-hybridized carbons (Fsp3) is 0.500. The standard InChI is InChI=1S/C8H10O2/c1-6-5-7(9)3-2-4-8(6)10/h5H,2-4H2,1H3. The third-order valence-corrected chi connectivity index (χ3v) is 1.64. The second-order valence-electron chi connectivity index (χ2n) is 2.57. The third kappa shape index (κ3) is 1.53. The van der Waals surface area contributed by atoms with Gasteiger partial charge in [0.15, 0.2) is 11.6 Å². The first-order valence-corrected chi connectivity index (χ1v) is 3.44. The Morgan fingerprint density at radius 2 is 2.00 bits per heavy atom. The number of hydrogen-bond donors (Lipinski definition) is 0. The van der Waals surface area contributed by atoms with E-state index in [9.17, 15) is 9.59 Å². The van der Waals surface area contributed by atoms with E-state index >= 15 is 0 Å². The van der Waals surface area contributed by atoms with E-state index in [4.69, 9.17) is 0 Å². The van der Waals surface area contributed by atoms with Gasteiger partial charge < -0.3 is 0 Å². The van der Waals surface area contributed by atoms with Crippen LogP contribution < -0.4 is 0 Å². The summed E-state index contributed by atoms with van der Waals surface area (Å²) >= 11 is 0. The molecule has 1 aliphatic rings. The highest BCUT2D eigenvalue weighted by Gasteiger charge is 2.11. The molecule has 2 nitrogen and oxygen atoms in total. The molecule has 0 aromatic rings. The minimum Gasteiger partial charge on any atom is -0.295 e. The second kappa shape index (κ2) is 2.78. The van der Waals surface area contributed by atoms with Gasteiger partial charge in [0.05, 0.1) is 0 Å². The topological polar surface area (TPSA) is 34.1 Å². The number of carbonyl (C=O) groups is 2. The van der Waals surface area contributed by atoms with Crippen LogP contribution in [0, 0.1) is 0 Å². The van der Waals surface area contributed by atoms with E-state index in [1.807, 2.05) is 0 Å². The summed E-state index contributed by atoms with van der Waals surface area (Å²) in [5, 5.41) is 0. The van der Waals surface area contributed by atoms with E-state index in [0.717, 1.165) is 0 Å². The van der Waals surface area contributed by atoms with Crippen molar-refractivity contribution in [2.45, 2.75) is 26.2 Å². The van der Waals surface area contributed by atoms with Crippen LogP contribution in [0.15, 0.2) is 11.6 Å². The van der Waals surface area contributed by atoms with Crippen molar-refractivity contribution in [3.8, 4) is 0 Å². The van der Waals surface area contributed by atoms with Gasteiger partial charge in [-0.1, -0.05) is 0 Å². The Morgan fingerprint density at radius 3 is 2.70 bits per heavy atom. The lowest BCUT2D eigenvalue weighted by molar-refractivity contribution is -0.115. The van der Waals surface area contributed by atoms with Crippen LogP contribution in [0.25, 0.3) is 0 Å². The van der Waals surface area contributed by atoms with Crippen LogP contribution in [0.4, 0.5) is 0 Å². The Balaban J connectivity index is 2.80. The summed E-state index contributed by atoms with van der Waals surface area (Å²) in [5.41, 5.74) is 0.613. The average Bonchev–Trinajstić information content (AvgIpc) is 1.96. The number of ketones is 2. The molecule has 0 atom stereocenters. The summed E-state index contributed by atoms with van der Waals surface area (Å²) in [5.74, 6) is 0.203. The zero-order chi connectivity index (χ0) is 7.56. The van der Waals surface area contributed by atoms with E-state index in [-0.39, 0.29) is 11.6 Å². The van der Waals surface area contributed by atoms with Crippen molar-refractivity contribution in [1.29, 1.82) is 0 Å². The summed E-state index contributed by atoms with van der Waals surface area (Å²) in [7, 11) is 0. The average molecular weight is 138 g/mol. The third-order valence-electron chi connectivity index (χ3n) is 1.64. The largest absolute Gasteiger partial charge is 0.295 e. The molecule has 0 saturated heterocycles. The number of hydrogen-bond acceptors (Lipinski definition) is 2. The Morgan fingerprint density at radius 1 is 1.30 bits per heavy atom. The van der Waals surface area contributed by atoms with Crippen LogP contribution in [0.2, 0.25) is 0 Å². The molecule has 0 aliphatic heterocycles. The van der Waals surface area contributed by atoms with Crippen molar-refractivity contribution in [2.24, 2.45) is 0 Å². The van der Waals surface area contributed by atoms with Crippen molar-refractivity contribution in [3.63, 3.8) is 0 Å². The van der Waals surface area contributed by atoms with E-state index < -0.39 is 0 Å². The molecule has 54 valence electrons. The number of Topliss-reactive ketones (excluding diaryl/α,β-unsaturated/α-hetero) is 1. The van der Waals surface area contributed by atoms with Gasteiger partial charge in [-0.15, -0.1) is 0 Å². The predicted molar refractivity (Wildman–Crippen MR) is 37.6 cm³/mol. The molecule has 1 rings (SSSR count). The van der Waals surface area contributed by atoms with Gasteiger partial charge in [0.2, 0.25) is 0 Å². The van der Waals surface area contributed by atoms with Gasteiger partial charge in [-0.05, 0) is 25.0 Å². The molecular formula is C8H10O2. The van der Waals surface area contributed by atoms with Crippen LogP contribution in [0.5, 0.6) is 0 Å². The molecule has 0 heterocycles. The molecule has 0 aromatic heterocycles. The van der Waals surface area contributed by atoms with E-state index in [1.54, 1.807) is 6.92 Å². The molecule has 0 bridgehead atoms. The van der Waals surface area contributed by atoms with Crippen molar-refractivity contribution in [1.82, 2.24) is 0 Å². The molecule has 0 unspecified atom stereocenters. The lowest BCUT2D eigenvalue weighted by Crippen LogP contribution is -1.95. The molecule has 0 aromatic carbocycles. The number of carbonyl (C=O) groups excluding carboxylic acids is 2. The van der Waals surface area contributed by atoms with Crippen LogP contribution >= 0.6 is 0 Å². The number of allylic oxidation sites excluding steroid dienone is 2. The van der Waals surface area contributed by atoms with E-state index in [2.05, 4.69) is 0 Å². The highest BCUT2D eigenvalue weighted by atomic mass is 16.1. The van der Waals surface area contributed by atoms with Gasteiger partial charge in [0.1, 0.15) is 0 Å². The molecule has 0 saturated carbocycles. The first-order chi connectivity index (χ1) is 4.70. The molecule has 1 aliphatic carbocycles. The minimum absolute atomic E-state index is 0.0864. The fourth-order valence-electron chi connectivity index (χ4n) is 1.01. The van der Waals surface area contributed by atoms with Crippen molar-refractivity contribution in [3.05, 3.63) is 11.6 Å². The molecule has 2 heteroatoms. The molecular weight excluding hydrogens is 128 g/mol. The Kier molecular flexibility index (Phi) is 2.00. The predicted octanol–water partition coefficient (Wildman–Crippen LogP) is 1.25. The van der Waals surface area contributed by atoms with Gasteiger partial charge in [-0.2, -0.15) is 0 Å². The first-order valence-electron chi connectivity index (χ1n) is 3.44. The number of rotatable bonds is 0.